The van der Waals surface area contributed by atoms with Gasteiger partial charge in [-0.1, -0.05) is 17.7 Å². The molecule has 0 fully saturated rings. The van der Waals surface area contributed by atoms with Gasteiger partial charge in [0.2, 0.25) is 0 Å². The summed E-state index contributed by atoms with van der Waals surface area (Å²) in [7, 11) is 0. The standard InChI is InChI=1S/C11H15NO/c1-9-3-5-11(6-4-9)12-8-7-10(2)13/h3-6,12H,7-8H2,1-2H3. The van der Waals surface area contributed by atoms with Crippen molar-refractivity contribution in [2.45, 2.75) is 20.3 Å². The number of benzene rings is 1. The number of ketones is 1. The molecule has 0 amide bonds. The van der Waals surface area contributed by atoms with Crippen LogP contribution in [0.15, 0.2) is 24.3 Å². The highest BCUT2D eigenvalue weighted by atomic mass is 16.1. The third kappa shape index (κ3) is 3.74. The van der Waals surface area contributed by atoms with E-state index in [4.69, 9.17) is 0 Å². The summed E-state index contributed by atoms with van der Waals surface area (Å²) >= 11 is 0. The van der Waals surface area contributed by atoms with Crippen molar-refractivity contribution in [3.8, 4) is 0 Å². The Morgan fingerprint density at radius 1 is 1.31 bits per heavy atom. The zero-order valence-corrected chi connectivity index (χ0v) is 8.13. The van der Waals surface area contributed by atoms with Crippen molar-refractivity contribution < 1.29 is 4.79 Å². The Kier molecular flexibility index (Phi) is 3.50. The van der Waals surface area contributed by atoms with Crippen LogP contribution in [-0.2, 0) is 4.79 Å². The van der Waals surface area contributed by atoms with Gasteiger partial charge in [0.05, 0.1) is 0 Å². The number of nitrogens with one attached hydrogen (secondary N) is 1. The molecule has 0 radical (unpaired) electrons. The number of aryl methyl sites for hydroxylation is 1. The molecule has 2 nitrogen and oxygen atoms in total. The lowest BCUT2D eigenvalue weighted by Crippen LogP contribution is -2.05. The predicted molar refractivity (Wildman–Crippen MR) is 55.0 cm³/mol. The molecule has 70 valence electrons. The number of hydrogen-bond acceptors (Lipinski definition) is 2. The summed E-state index contributed by atoms with van der Waals surface area (Å²) in [5.74, 6) is 0.222. The second-order valence-corrected chi connectivity index (χ2v) is 3.24. The molecule has 1 N–H and O–H groups in total. The molecule has 1 aromatic rings. The number of carbonyl (C=O) groups excluding carboxylic acids is 1. The number of hydrogen-bond donors (Lipinski definition) is 1. The molecule has 0 saturated carbocycles. The van der Waals surface area contributed by atoms with Crippen LogP contribution in [-0.4, -0.2) is 12.3 Å². The third-order valence-corrected chi connectivity index (χ3v) is 1.86. The van der Waals surface area contributed by atoms with Crippen LogP contribution in [0.2, 0.25) is 0 Å². The molecule has 0 heterocycles. The number of Topliss-reactive ketones (excluding diaryl/α,β-unsaturated/α-hetero) is 1. The van der Waals surface area contributed by atoms with Crippen molar-refractivity contribution in [3.05, 3.63) is 29.8 Å². The summed E-state index contributed by atoms with van der Waals surface area (Å²) in [4.78, 5) is 10.6. The molecule has 0 bridgehead atoms. The fourth-order valence-electron chi connectivity index (χ4n) is 1.05. The lowest BCUT2D eigenvalue weighted by molar-refractivity contribution is -0.116. The lowest BCUT2D eigenvalue weighted by Gasteiger charge is -2.04. The highest BCUT2D eigenvalue weighted by Gasteiger charge is 1.93. The van der Waals surface area contributed by atoms with E-state index in [0.717, 1.165) is 12.2 Å². The molecule has 0 atom stereocenters. The van der Waals surface area contributed by atoms with Crippen molar-refractivity contribution in [1.29, 1.82) is 0 Å². The summed E-state index contributed by atoms with van der Waals surface area (Å²) in [6, 6.07) is 8.15. The monoisotopic (exact) mass is 177 g/mol. The maximum Gasteiger partial charge on any atom is 0.131 e. The smallest absolute Gasteiger partial charge is 0.131 e. The maximum atomic E-state index is 10.6. The summed E-state index contributed by atoms with van der Waals surface area (Å²) in [5, 5.41) is 3.18. The summed E-state index contributed by atoms with van der Waals surface area (Å²) in [5.41, 5.74) is 2.32. The van der Waals surface area contributed by atoms with E-state index >= 15 is 0 Å². The lowest BCUT2D eigenvalue weighted by atomic mass is 10.2. The molecule has 0 aliphatic rings. The van der Waals surface area contributed by atoms with Crippen LogP contribution >= 0.6 is 0 Å². The third-order valence-electron chi connectivity index (χ3n) is 1.86. The Balaban J connectivity index is 2.37. The van der Waals surface area contributed by atoms with Gasteiger partial charge in [-0.25, -0.2) is 0 Å². The number of carbonyl (C=O) groups is 1. The minimum Gasteiger partial charge on any atom is -0.385 e. The van der Waals surface area contributed by atoms with Crippen molar-refractivity contribution in [1.82, 2.24) is 0 Å². The first-order valence-electron chi connectivity index (χ1n) is 4.48. The van der Waals surface area contributed by atoms with E-state index in [-0.39, 0.29) is 5.78 Å². The number of anilines is 1. The van der Waals surface area contributed by atoms with Crippen LogP contribution in [0.5, 0.6) is 0 Å². The fourth-order valence-corrected chi connectivity index (χ4v) is 1.05. The fraction of sp³-hybridized carbons (Fsp3) is 0.364. The van der Waals surface area contributed by atoms with Gasteiger partial charge in [-0.05, 0) is 26.0 Å². The molecule has 0 aliphatic heterocycles. The van der Waals surface area contributed by atoms with E-state index in [2.05, 4.69) is 24.4 Å². The van der Waals surface area contributed by atoms with E-state index in [9.17, 15) is 4.79 Å². The average molecular weight is 177 g/mol. The Bertz CT molecular complexity index is 277. The molecule has 2 heteroatoms. The van der Waals surface area contributed by atoms with Crippen LogP contribution in [0.3, 0.4) is 0 Å². The van der Waals surface area contributed by atoms with Crippen LogP contribution in [0, 0.1) is 6.92 Å². The minimum absolute atomic E-state index is 0.222. The molecule has 1 rings (SSSR count). The van der Waals surface area contributed by atoms with Crippen molar-refractivity contribution in [3.63, 3.8) is 0 Å². The van der Waals surface area contributed by atoms with Gasteiger partial charge in [0, 0.05) is 18.7 Å². The van der Waals surface area contributed by atoms with Crippen molar-refractivity contribution in [2.24, 2.45) is 0 Å². The van der Waals surface area contributed by atoms with Gasteiger partial charge < -0.3 is 5.32 Å². The molecule has 0 aromatic heterocycles. The molecule has 0 spiro atoms. The van der Waals surface area contributed by atoms with Gasteiger partial charge >= 0.3 is 0 Å². The van der Waals surface area contributed by atoms with Gasteiger partial charge in [-0.3, -0.25) is 4.79 Å². The zero-order valence-electron chi connectivity index (χ0n) is 8.13. The average Bonchev–Trinajstić information content (AvgIpc) is 2.08. The van der Waals surface area contributed by atoms with Crippen molar-refractivity contribution >= 4 is 11.5 Å². The highest BCUT2D eigenvalue weighted by molar-refractivity contribution is 5.76. The largest absolute Gasteiger partial charge is 0.385 e. The molecule has 13 heavy (non-hydrogen) atoms. The van der Waals surface area contributed by atoms with Gasteiger partial charge in [-0.15, -0.1) is 0 Å². The first kappa shape index (κ1) is 9.78. The van der Waals surface area contributed by atoms with Crippen molar-refractivity contribution in [2.75, 3.05) is 11.9 Å². The Morgan fingerprint density at radius 3 is 2.46 bits per heavy atom. The minimum atomic E-state index is 0.222. The Labute approximate surface area is 79.0 Å². The molecular formula is C11H15NO. The summed E-state index contributed by atoms with van der Waals surface area (Å²) < 4.78 is 0. The second-order valence-electron chi connectivity index (χ2n) is 3.24. The molecule has 0 aliphatic carbocycles. The van der Waals surface area contributed by atoms with Gasteiger partial charge in [0.15, 0.2) is 0 Å². The molecule has 1 aromatic carbocycles. The van der Waals surface area contributed by atoms with E-state index < -0.39 is 0 Å². The quantitative estimate of drug-likeness (QED) is 0.765. The van der Waals surface area contributed by atoms with E-state index in [1.807, 2.05) is 12.1 Å². The van der Waals surface area contributed by atoms with E-state index in [0.29, 0.717) is 6.42 Å². The molecular weight excluding hydrogens is 162 g/mol. The Hall–Kier alpha value is -1.31. The highest BCUT2D eigenvalue weighted by Crippen LogP contribution is 2.07. The summed E-state index contributed by atoms with van der Waals surface area (Å²) in [6.07, 6.45) is 0.591. The second kappa shape index (κ2) is 4.65. The zero-order chi connectivity index (χ0) is 9.68. The molecule has 0 saturated heterocycles. The Morgan fingerprint density at radius 2 is 1.92 bits per heavy atom. The normalized spacial score (nSPS) is 9.69. The van der Waals surface area contributed by atoms with Crippen LogP contribution in [0.1, 0.15) is 18.9 Å². The van der Waals surface area contributed by atoms with E-state index in [1.54, 1.807) is 6.92 Å². The maximum absolute atomic E-state index is 10.6. The number of rotatable bonds is 4. The summed E-state index contributed by atoms with van der Waals surface area (Å²) in [6.45, 7) is 4.38. The van der Waals surface area contributed by atoms with Crippen LogP contribution in [0.25, 0.3) is 0 Å². The van der Waals surface area contributed by atoms with Gasteiger partial charge in [-0.2, -0.15) is 0 Å². The van der Waals surface area contributed by atoms with Crippen LogP contribution < -0.4 is 5.32 Å². The van der Waals surface area contributed by atoms with Gasteiger partial charge in [0.25, 0.3) is 0 Å². The first-order chi connectivity index (χ1) is 6.18. The van der Waals surface area contributed by atoms with Gasteiger partial charge in [0.1, 0.15) is 5.78 Å². The van der Waals surface area contributed by atoms with Crippen LogP contribution in [0.4, 0.5) is 5.69 Å². The SMILES string of the molecule is CC(=O)CCNc1ccc(C)cc1. The molecule has 0 unspecified atom stereocenters. The predicted octanol–water partition coefficient (Wildman–Crippen LogP) is 2.39. The topological polar surface area (TPSA) is 29.1 Å². The first-order valence-corrected chi connectivity index (χ1v) is 4.48. The van der Waals surface area contributed by atoms with E-state index in [1.165, 1.54) is 5.56 Å².